The Morgan fingerprint density at radius 1 is 1.42 bits per heavy atom. The van der Waals surface area contributed by atoms with Gasteiger partial charge >= 0.3 is 0 Å². The zero-order valence-corrected chi connectivity index (χ0v) is 12.4. The third-order valence-corrected chi connectivity index (χ3v) is 3.10. The lowest BCUT2D eigenvalue weighted by atomic mass is 10.2. The van der Waals surface area contributed by atoms with Gasteiger partial charge in [0.2, 0.25) is 5.91 Å². The first kappa shape index (κ1) is 17.9. The number of hydrogen-bond donors (Lipinski definition) is 1. The normalized spacial score (nSPS) is 12.2. The molecule has 0 aliphatic carbocycles. The van der Waals surface area contributed by atoms with E-state index in [1.807, 2.05) is 11.8 Å². The van der Waals surface area contributed by atoms with Gasteiger partial charge in [0.1, 0.15) is 0 Å². The number of hydrogen-bond acceptors (Lipinski definition) is 4. The quantitative estimate of drug-likeness (QED) is 0.578. The molecule has 1 N–H and O–H groups in total. The van der Waals surface area contributed by atoms with Crippen LogP contribution in [-0.2, 0) is 9.53 Å². The van der Waals surface area contributed by atoms with Crippen LogP contribution < -0.4 is 5.32 Å². The minimum Gasteiger partial charge on any atom is -0.383 e. The molecule has 0 saturated carbocycles. The maximum atomic E-state index is 12.0. The van der Waals surface area contributed by atoms with Gasteiger partial charge in [-0.15, -0.1) is 0 Å². The molecule has 0 aromatic carbocycles. The molecular formula is C14H27N3O2. The second-order valence-corrected chi connectivity index (χ2v) is 4.61. The smallest absolute Gasteiger partial charge is 0.237 e. The first-order chi connectivity index (χ1) is 9.17. The summed E-state index contributed by atoms with van der Waals surface area (Å²) < 4.78 is 5.04. The summed E-state index contributed by atoms with van der Waals surface area (Å²) in [4.78, 5) is 14.0. The molecule has 0 heterocycles. The Morgan fingerprint density at radius 2 is 2.16 bits per heavy atom. The Kier molecular flexibility index (Phi) is 11.2. The largest absolute Gasteiger partial charge is 0.383 e. The summed E-state index contributed by atoms with van der Waals surface area (Å²) in [5.41, 5.74) is 0. The molecule has 0 rings (SSSR count). The lowest BCUT2D eigenvalue weighted by Crippen LogP contribution is -2.46. The Bertz CT molecular complexity index is 276. The number of methoxy groups -OCH3 is 1. The summed E-state index contributed by atoms with van der Waals surface area (Å²) in [6, 6.07) is 1.90. The molecular weight excluding hydrogens is 242 g/mol. The lowest BCUT2D eigenvalue weighted by Gasteiger charge is -2.27. The summed E-state index contributed by atoms with van der Waals surface area (Å²) in [6.45, 7) is 6.58. The van der Waals surface area contributed by atoms with Crippen LogP contribution in [0.4, 0.5) is 0 Å². The number of ether oxygens (including phenoxy) is 1. The molecule has 0 bridgehead atoms. The fourth-order valence-corrected chi connectivity index (χ4v) is 1.80. The van der Waals surface area contributed by atoms with Crippen LogP contribution in [-0.4, -0.2) is 50.2 Å². The second kappa shape index (κ2) is 11.9. The van der Waals surface area contributed by atoms with E-state index in [2.05, 4.69) is 18.3 Å². The molecule has 110 valence electrons. The Labute approximate surface area is 116 Å². The van der Waals surface area contributed by atoms with Gasteiger partial charge in [-0.2, -0.15) is 5.26 Å². The SMILES string of the molecule is CCCCCNC(=O)C(C)N(CCC#N)CCOC. The van der Waals surface area contributed by atoms with Gasteiger partial charge < -0.3 is 10.1 Å². The van der Waals surface area contributed by atoms with Crippen molar-refractivity contribution in [2.24, 2.45) is 0 Å². The molecule has 0 aliphatic heterocycles. The van der Waals surface area contributed by atoms with Gasteiger partial charge in [-0.1, -0.05) is 19.8 Å². The van der Waals surface area contributed by atoms with E-state index in [1.54, 1.807) is 7.11 Å². The third-order valence-electron chi connectivity index (χ3n) is 3.10. The molecule has 5 heteroatoms. The third kappa shape index (κ3) is 8.57. The van der Waals surface area contributed by atoms with E-state index in [1.165, 1.54) is 0 Å². The average molecular weight is 269 g/mol. The summed E-state index contributed by atoms with van der Waals surface area (Å²) >= 11 is 0. The van der Waals surface area contributed by atoms with E-state index in [0.29, 0.717) is 26.1 Å². The van der Waals surface area contributed by atoms with Crippen LogP contribution in [0.3, 0.4) is 0 Å². The molecule has 0 radical (unpaired) electrons. The highest BCUT2D eigenvalue weighted by atomic mass is 16.5. The fourth-order valence-electron chi connectivity index (χ4n) is 1.80. The number of carbonyl (C=O) groups excluding carboxylic acids is 1. The monoisotopic (exact) mass is 269 g/mol. The number of carbonyl (C=O) groups is 1. The van der Waals surface area contributed by atoms with Crippen LogP contribution in [0, 0.1) is 11.3 Å². The van der Waals surface area contributed by atoms with E-state index < -0.39 is 0 Å². The predicted molar refractivity (Wildman–Crippen MR) is 75.7 cm³/mol. The maximum Gasteiger partial charge on any atom is 0.237 e. The highest BCUT2D eigenvalue weighted by Gasteiger charge is 2.20. The van der Waals surface area contributed by atoms with Crippen LogP contribution in [0.15, 0.2) is 0 Å². The van der Waals surface area contributed by atoms with Gasteiger partial charge in [-0.05, 0) is 13.3 Å². The van der Waals surface area contributed by atoms with E-state index in [9.17, 15) is 4.79 Å². The summed E-state index contributed by atoms with van der Waals surface area (Å²) in [6.07, 6.45) is 3.73. The van der Waals surface area contributed by atoms with Crippen molar-refractivity contribution in [3.8, 4) is 6.07 Å². The molecule has 0 fully saturated rings. The van der Waals surface area contributed by atoms with Crippen molar-refractivity contribution in [3.63, 3.8) is 0 Å². The number of amides is 1. The average Bonchev–Trinajstić information content (AvgIpc) is 2.43. The van der Waals surface area contributed by atoms with Crippen LogP contribution in [0.5, 0.6) is 0 Å². The molecule has 19 heavy (non-hydrogen) atoms. The first-order valence-electron chi connectivity index (χ1n) is 7.05. The van der Waals surface area contributed by atoms with Crippen molar-refractivity contribution in [1.82, 2.24) is 10.2 Å². The topological polar surface area (TPSA) is 65.4 Å². The zero-order valence-electron chi connectivity index (χ0n) is 12.4. The van der Waals surface area contributed by atoms with Crippen LogP contribution in [0.2, 0.25) is 0 Å². The molecule has 0 spiro atoms. The number of nitriles is 1. The minimum absolute atomic E-state index is 0.0325. The van der Waals surface area contributed by atoms with Gasteiger partial charge in [0.05, 0.1) is 18.7 Å². The van der Waals surface area contributed by atoms with E-state index >= 15 is 0 Å². The molecule has 1 atom stereocenters. The van der Waals surface area contributed by atoms with Gasteiger partial charge in [-0.25, -0.2) is 0 Å². The number of nitrogens with zero attached hydrogens (tertiary/aromatic N) is 2. The Balaban J connectivity index is 4.14. The number of rotatable bonds is 11. The first-order valence-corrected chi connectivity index (χ1v) is 7.05. The molecule has 1 unspecified atom stereocenters. The highest BCUT2D eigenvalue weighted by Crippen LogP contribution is 2.01. The van der Waals surface area contributed by atoms with Crippen molar-refractivity contribution in [2.75, 3.05) is 33.4 Å². The maximum absolute atomic E-state index is 12.0. The van der Waals surface area contributed by atoms with E-state index in [4.69, 9.17) is 10.00 Å². The van der Waals surface area contributed by atoms with Gasteiger partial charge in [0, 0.05) is 33.2 Å². The van der Waals surface area contributed by atoms with Gasteiger partial charge in [-0.3, -0.25) is 9.69 Å². The van der Waals surface area contributed by atoms with Crippen LogP contribution in [0.1, 0.15) is 39.5 Å². The predicted octanol–water partition coefficient (Wildman–Crippen LogP) is 1.54. The minimum atomic E-state index is -0.217. The van der Waals surface area contributed by atoms with Crippen molar-refractivity contribution in [2.45, 2.75) is 45.6 Å². The zero-order chi connectivity index (χ0) is 14.5. The number of nitrogens with one attached hydrogen (secondary N) is 1. The second-order valence-electron chi connectivity index (χ2n) is 4.61. The Morgan fingerprint density at radius 3 is 2.74 bits per heavy atom. The Hall–Kier alpha value is -1.12. The van der Waals surface area contributed by atoms with Crippen LogP contribution >= 0.6 is 0 Å². The fraction of sp³-hybridized carbons (Fsp3) is 0.857. The van der Waals surface area contributed by atoms with Crippen molar-refractivity contribution in [3.05, 3.63) is 0 Å². The van der Waals surface area contributed by atoms with E-state index in [-0.39, 0.29) is 11.9 Å². The molecule has 0 aromatic heterocycles. The molecule has 0 aliphatic rings. The van der Waals surface area contributed by atoms with Crippen molar-refractivity contribution < 1.29 is 9.53 Å². The van der Waals surface area contributed by atoms with Gasteiger partial charge in [0.15, 0.2) is 0 Å². The van der Waals surface area contributed by atoms with Gasteiger partial charge in [0.25, 0.3) is 0 Å². The summed E-state index contributed by atoms with van der Waals surface area (Å²) in [5.74, 6) is 0.0325. The molecule has 0 saturated heterocycles. The summed E-state index contributed by atoms with van der Waals surface area (Å²) in [7, 11) is 1.64. The lowest BCUT2D eigenvalue weighted by molar-refractivity contribution is -0.126. The standard InChI is InChI=1S/C14H27N3O2/c1-4-5-6-9-16-14(18)13(2)17(10-7-8-15)11-12-19-3/h13H,4-7,9-12H2,1-3H3,(H,16,18). The van der Waals surface area contributed by atoms with E-state index in [0.717, 1.165) is 25.8 Å². The molecule has 5 nitrogen and oxygen atoms in total. The highest BCUT2D eigenvalue weighted by molar-refractivity contribution is 5.81. The molecule has 1 amide bonds. The number of unbranched alkanes of at least 4 members (excludes halogenated alkanes) is 2. The molecule has 0 aromatic rings. The van der Waals surface area contributed by atoms with Crippen molar-refractivity contribution in [1.29, 1.82) is 5.26 Å². The van der Waals surface area contributed by atoms with Crippen LogP contribution in [0.25, 0.3) is 0 Å². The summed E-state index contributed by atoms with van der Waals surface area (Å²) in [5, 5.41) is 11.6. The van der Waals surface area contributed by atoms with Crippen molar-refractivity contribution >= 4 is 5.91 Å².